The van der Waals surface area contributed by atoms with E-state index in [-0.39, 0.29) is 4.47 Å². The third kappa shape index (κ3) is 3.04. The van der Waals surface area contributed by atoms with E-state index >= 15 is 0 Å². The van der Waals surface area contributed by atoms with Crippen LogP contribution in [0.1, 0.15) is 0 Å². The summed E-state index contributed by atoms with van der Waals surface area (Å²) < 4.78 is 63.5. The van der Waals surface area contributed by atoms with Gasteiger partial charge < -0.3 is 4.74 Å². The molecule has 84 valence electrons. The molecule has 0 spiro atoms. The lowest BCUT2D eigenvalue weighted by Gasteiger charge is -2.12. The molecule has 1 rings (SSSR count). The third-order valence-corrected chi connectivity index (χ3v) is 2.59. The number of hydrogen-bond donors (Lipinski definition) is 0. The molecule has 1 aromatic carbocycles. The van der Waals surface area contributed by atoms with E-state index in [4.69, 9.17) is 0 Å². The first-order valence-corrected chi connectivity index (χ1v) is 4.89. The molecule has 0 unspecified atom stereocenters. The van der Waals surface area contributed by atoms with Gasteiger partial charge in [0.15, 0.2) is 17.4 Å². The predicted octanol–water partition coefficient (Wildman–Crippen LogP) is 4.39. The monoisotopic (exact) mass is 354 g/mol. The molecule has 0 heterocycles. The Morgan fingerprint density at radius 3 is 2.13 bits per heavy atom. The topological polar surface area (TPSA) is 9.23 Å². The van der Waals surface area contributed by atoms with Crippen LogP contribution in [-0.2, 0) is 0 Å². The molecule has 0 aliphatic heterocycles. The average molecular weight is 356 g/mol. The molecule has 15 heavy (non-hydrogen) atoms. The van der Waals surface area contributed by atoms with Gasteiger partial charge in [-0.15, -0.1) is 13.2 Å². The number of alkyl halides is 3. The lowest BCUT2D eigenvalue weighted by molar-refractivity contribution is -0.275. The highest BCUT2D eigenvalue weighted by molar-refractivity contribution is 9.11. The summed E-state index contributed by atoms with van der Waals surface area (Å²) in [6.07, 6.45) is -4.98. The van der Waals surface area contributed by atoms with E-state index in [1.807, 2.05) is 0 Å². The highest BCUT2D eigenvalue weighted by Gasteiger charge is 2.34. The van der Waals surface area contributed by atoms with Gasteiger partial charge in [0.25, 0.3) is 0 Å². The van der Waals surface area contributed by atoms with E-state index in [2.05, 4.69) is 36.6 Å². The fourth-order valence-electron chi connectivity index (χ4n) is 0.759. The van der Waals surface area contributed by atoms with Crippen molar-refractivity contribution in [3.63, 3.8) is 0 Å². The molecule has 0 fully saturated rings. The molecule has 0 atom stereocenters. The number of rotatable bonds is 1. The molecule has 8 heteroatoms. The van der Waals surface area contributed by atoms with Crippen molar-refractivity contribution >= 4 is 31.9 Å². The van der Waals surface area contributed by atoms with Crippen LogP contribution in [0.4, 0.5) is 22.0 Å². The third-order valence-electron chi connectivity index (χ3n) is 1.29. The van der Waals surface area contributed by atoms with Gasteiger partial charge >= 0.3 is 6.36 Å². The quantitative estimate of drug-likeness (QED) is 0.412. The molecule has 0 bridgehead atoms. The zero-order valence-corrected chi connectivity index (χ0v) is 9.80. The van der Waals surface area contributed by atoms with Crippen molar-refractivity contribution in [3.8, 4) is 5.75 Å². The minimum absolute atomic E-state index is 0.342. The summed E-state index contributed by atoms with van der Waals surface area (Å²) in [5.41, 5.74) is 0. The maximum Gasteiger partial charge on any atom is 0.573 e. The zero-order chi connectivity index (χ0) is 11.8. The maximum absolute atomic E-state index is 12.9. The molecule has 0 aliphatic rings. The Kier molecular flexibility index (Phi) is 3.59. The molecule has 0 N–H and O–H groups in total. The Labute approximate surface area is 97.5 Å². The summed E-state index contributed by atoms with van der Waals surface area (Å²) in [7, 11) is 0. The second-order valence-corrected chi connectivity index (χ2v) is 3.99. The van der Waals surface area contributed by atoms with Gasteiger partial charge in [-0.1, -0.05) is 0 Å². The van der Waals surface area contributed by atoms with Crippen molar-refractivity contribution in [1.82, 2.24) is 0 Å². The summed E-state index contributed by atoms with van der Waals surface area (Å²) in [6.45, 7) is 0. The number of hydrogen-bond acceptors (Lipinski definition) is 1. The lowest BCUT2D eigenvalue weighted by Crippen LogP contribution is -2.18. The van der Waals surface area contributed by atoms with Crippen LogP contribution in [0.15, 0.2) is 15.0 Å². The van der Waals surface area contributed by atoms with Gasteiger partial charge in [0.1, 0.15) is 0 Å². The van der Waals surface area contributed by atoms with Crippen molar-refractivity contribution in [2.24, 2.45) is 0 Å². The molecule has 0 saturated carbocycles. The summed E-state index contributed by atoms with van der Waals surface area (Å²) in [5.74, 6) is -3.60. The van der Waals surface area contributed by atoms with E-state index in [1.54, 1.807) is 0 Å². The van der Waals surface area contributed by atoms with Crippen molar-refractivity contribution in [2.75, 3.05) is 0 Å². The van der Waals surface area contributed by atoms with Crippen LogP contribution in [0, 0.1) is 11.6 Å². The largest absolute Gasteiger partial charge is 0.573 e. The van der Waals surface area contributed by atoms with E-state index in [0.29, 0.717) is 6.07 Å². The highest BCUT2D eigenvalue weighted by atomic mass is 79.9. The Morgan fingerprint density at radius 1 is 1.13 bits per heavy atom. The summed E-state index contributed by atoms with van der Waals surface area (Å²) in [4.78, 5) is 0. The van der Waals surface area contributed by atoms with Gasteiger partial charge in [-0.2, -0.15) is 0 Å². The molecule has 1 aromatic rings. The minimum atomic E-state index is -4.98. The molecule has 0 aliphatic carbocycles. The fraction of sp³-hybridized carbons (Fsp3) is 0.143. The van der Waals surface area contributed by atoms with Crippen LogP contribution in [-0.4, -0.2) is 6.36 Å². The highest BCUT2D eigenvalue weighted by Crippen LogP contribution is 2.39. The van der Waals surface area contributed by atoms with Crippen molar-refractivity contribution < 1.29 is 26.7 Å². The van der Waals surface area contributed by atoms with Gasteiger partial charge in [0, 0.05) is 0 Å². The fourth-order valence-corrected chi connectivity index (χ4v) is 1.99. The zero-order valence-electron chi connectivity index (χ0n) is 6.63. The summed E-state index contributed by atoms with van der Waals surface area (Å²) in [6, 6.07) is 0.543. The number of halogens is 7. The summed E-state index contributed by atoms with van der Waals surface area (Å²) >= 11 is 5.09. The van der Waals surface area contributed by atoms with E-state index in [1.165, 1.54) is 0 Å². The Morgan fingerprint density at radius 2 is 1.67 bits per heavy atom. The van der Waals surface area contributed by atoms with E-state index in [0.717, 1.165) is 0 Å². The Hall–Kier alpha value is -0.370. The van der Waals surface area contributed by atoms with Crippen molar-refractivity contribution in [2.45, 2.75) is 6.36 Å². The van der Waals surface area contributed by atoms with Crippen molar-refractivity contribution in [1.29, 1.82) is 0 Å². The normalized spacial score (nSPS) is 11.7. The smallest absolute Gasteiger partial charge is 0.403 e. The second kappa shape index (κ2) is 4.25. The van der Waals surface area contributed by atoms with Crippen molar-refractivity contribution in [3.05, 3.63) is 26.6 Å². The molecule has 0 aromatic heterocycles. The van der Waals surface area contributed by atoms with Crippen LogP contribution >= 0.6 is 31.9 Å². The predicted molar refractivity (Wildman–Crippen MR) is 48.4 cm³/mol. The average Bonchev–Trinajstić information content (AvgIpc) is 2.07. The van der Waals surface area contributed by atoms with Gasteiger partial charge in [-0.25, -0.2) is 8.78 Å². The van der Waals surface area contributed by atoms with Crippen LogP contribution in [0.3, 0.4) is 0 Å². The summed E-state index contributed by atoms with van der Waals surface area (Å²) in [5, 5.41) is 0. The molecule has 0 radical (unpaired) electrons. The van der Waals surface area contributed by atoms with Gasteiger partial charge in [0.2, 0.25) is 0 Å². The molecular weight excluding hydrogens is 355 g/mol. The lowest BCUT2D eigenvalue weighted by atomic mass is 10.3. The van der Waals surface area contributed by atoms with Gasteiger partial charge in [-0.05, 0) is 37.9 Å². The van der Waals surface area contributed by atoms with Crippen LogP contribution < -0.4 is 4.74 Å². The SMILES string of the molecule is Fc1cc(Br)c(OC(F)(F)F)c(Br)c1F. The Bertz CT molecular complexity index is 390. The molecular formula is C7HBr2F5O. The van der Waals surface area contributed by atoms with Gasteiger partial charge in [-0.3, -0.25) is 0 Å². The minimum Gasteiger partial charge on any atom is -0.403 e. The first-order chi connectivity index (χ1) is 6.72. The van der Waals surface area contributed by atoms with Gasteiger partial charge in [0.05, 0.1) is 8.95 Å². The second-order valence-electron chi connectivity index (χ2n) is 2.35. The maximum atomic E-state index is 12.9. The van der Waals surface area contributed by atoms with Crippen LogP contribution in [0.5, 0.6) is 5.75 Å². The van der Waals surface area contributed by atoms with E-state index in [9.17, 15) is 22.0 Å². The van der Waals surface area contributed by atoms with Crippen LogP contribution in [0.25, 0.3) is 0 Å². The standard InChI is InChI=1S/C7HBr2F5O/c8-2-1-3(10)5(11)4(9)6(2)15-7(12,13)14/h1H. The number of benzene rings is 1. The first kappa shape index (κ1) is 12.7. The molecule has 0 amide bonds. The molecule has 1 nitrogen and oxygen atoms in total. The first-order valence-electron chi connectivity index (χ1n) is 3.31. The number of ether oxygens (including phenoxy) is 1. The van der Waals surface area contributed by atoms with Crippen LogP contribution in [0.2, 0.25) is 0 Å². The van der Waals surface area contributed by atoms with E-state index < -0.39 is 28.2 Å². The Balaban J connectivity index is 3.24. The molecule has 0 saturated heterocycles.